The van der Waals surface area contributed by atoms with E-state index in [-0.39, 0.29) is 36.7 Å². The first-order valence-corrected chi connectivity index (χ1v) is 12.9. The molecule has 2 amide bonds. The number of carbonyl (C=O) groups excluding carboxylic acids is 2. The Kier molecular flexibility index (Phi) is 9.08. The van der Waals surface area contributed by atoms with Gasteiger partial charge in [0.15, 0.2) is 0 Å². The Hall–Kier alpha value is -3.23. The van der Waals surface area contributed by atoms with Gasteiger partial charge in [0.05, 0.1) is 32.7 Å². The quantitative estimate of drug-likeness (QED) is 0.376. The SMILES string of the molecule is COc1ccc(CC(=O)N(CC(=O)N(Cc2ccc(F)cc2)Cc2cccs2)CC2CCCO2)cc1. The Morgan fingerprint density at radius 1 is 1.00 bits per heavy atom. The van der Waals surface area contributed by atoms with Gasteiger partial charge in [0.2, 0.25) is 11.8 Å². The van der Waals surface area contributed by atoms with Crippen molar-refractivity contribution in [2.45, 2.75) is 38.5 Å². The van der Waals surface area contributed by atoms with Gasteiger partial charge in [-0.05, 0) is 59.7 Å². The third-order valence-electron chi connectivity index (χ3n) is 6.21. The van der Waals surface area contributed by atoms with Crippen molar-refractivity contribution in [2.75, 3.05) is 26.8 Å². The highest BCUT2D eigenvalue weighted by Gasteiger charge is 2.26. The van der Waals surface area contributed by atoms with E-state index < -0.39 is 0 Å². The first-order valence-electron chi connectivity index (χ1n) is 12.1. The van der Waals surface area contributed by atoms with E-state index in [0.29, 0.717) is 26.2 Å². The van der Waals surface area contributed by atoms with Crippen LogP contribution in [0.3, 0.4) is 0 Å². The lowest BCUT2D eigenvalue weighted by molar-refractivity contribution is -0.142. The summed E-state index contributed by atoms with van der Waals surface area (Å²) in [6.45, 7) is 1.77. The van der Waals surface area contributed by atoms with Gasteiger partial charge in [-0.2, -0.15) is 0 Å². The molecular formula is C28H31FN2O4S. The molecule has 1 fully saturated rings. The van der Waals surface area contributed by atoms with Gasteiger partial charge in [0, 0.05) is 24.6 Å². The van der Waals surface area contributed by atoms with Crippen LogP contribution in [0.2, 0.25) is 0 Å². The second-order valence-electron chi connectivity index (χ2n) is 8.89. The Balaban J connectivity index is 1.49. The zero-order chi connectivity index (χ0) is 25.3. The van der Waals surface area contributed by atoms with Crippen LogP contribution in [0.1, 0.15) is 28.8 Å². The topological polar surface area (TPSA) is 59.1 Å². The van der Waals surface area contributed by atoms with Crippen LogP contribution in [-0.4, -0.2) is 54.5 Å². The Labute approximate surface area is 215 Å². The van der Waals surface area contributed by atoms with E-state index in [9.17, 15) is 14.0 Å². The molecule has 0 spiro atoms. The number of amides is 2. The lowest BCUT2D eigenvalue weighted by Gasteiger charge is -2.29. The maximum atomic E-state index is 13.6. The summed E-state index contributed by atoms with van der Waals surface area (Å²) in [6.07, 6.45) is 1.94. The van der Waals surface area contributed by atoms with E-state index in [1.54, 1.807) is 40.4 Å². The van der Waals surface area contributed by atoms with Crippen molar-refractivity contribution >= 4 is 23.2 Å². The van der Waals surface area contributed by atoms with Crippen molar-refractivity contribution in [1.82, 2.24) is 9.80 Å². The summed E-state index contributed by atoms with van der Waals surface area (Å²) in [7, 11) is 1.60. The first kappa shape index (κ1) is 25.9. The maximum Gasteiger partial charge on any atom is 0.242 e. The van der Waals surface area contributed by atoms with Crippen LogP contribution in [-0.2, 0) is 33.8 Å². The molecule has 0 aliphatic carbocycles. The molecule has 4 rings (SSSR count). The molecule has 6 nitrogen and oxygen atoms in total. The molecule has 0 N–H and O–H groups in total. The monoisotopic (exact) mass is 510 g/mol. The van der Waals surface area contributed by atoms with Crippen molar-refractivity contribution < 1.29 is 23.5 Å². The molecule has 0 saturated carbocycles. The molecule has 0 radical (unpaired) electrons. The predicted octanol–water partition coefficient (Wildman–Crippen LogP) is 4.67. The standard InChI is InChI=1S/C28H31FN2O4S/c1-34-24-12-8-21(9-13-24)16-27(32)31(18-25-4-2-14-35-25)20-28(33)30(19-26-5-3-15-36-26)17-22-6-10-23(29)11-7-22/h3,5-13,15,25H,2,4,14,16-20H2,1H3. The summed E-state index contributed by atoms with van der Waals surface area (Å²) in [5.41, 5.74) is 1.68. The van der Waals surface area contributed by atoms with E-state index >= 15 is 0 Å². The average molecular weight is 511 g/mol. The number of methoxy groups -OCH3 is 1. The van der Waals surface area contributed by atoms with Crippen molar-refractivity contribution in [3.8, 4) is 5.75 Å². The van der Waals surface area contributed by atoms with Crippen molar-refractivity contribution in [3.63, 3.8) is 0 Å². The van der Waals surface area contributed by atoms with E-state index in [0.717, 1.165) is 34.6 Å². The largest absolute Gasteiger partial charge is 0.497 e. The summed E-state index contributed by atoms with van der Waals surface area (Å²) in [5, 5.41) is 1.97. The first-order chi connectivity index (χ1) is 17.5. The second-order valence-corrected chi connectivity index (χ2v) is 9.92. The smallest absolute Gasteiger partial charge is 0.242 e. The minimum Gasteiger partial charge on any atom is -0.497 e. The van der Waals surface area contributed by atoms with E-state index in [4.69, 9.17) is 9.47 Å². The molecule has 0 bridgehead atoms. The fourth-order valence-corrected chi connectivity index (χ4v) is 4.93. The Morgan fingerprint density at radius 3 is 2.39 bits per heavy atom. The number of halogens is 1. The fourth-order valence-electron chi connectivity index (χ4n) is 4.21. The highest BCUT2D eigenvalue weighted by molar-refractivity contribution is 7.09. The zero-order valence-corrected chi connectivity index (χ0v) is 21.2. The highest BCUT2D eigenvalue weighted by Crippen LogP contribution is 2.19. The Bertz CT molecular complexity index is 1110. The van der Waals surface area contributed by atoms with Gasteiger partial charge in [-0.15, -0.1) is 11.3 Å². The summed E-state index contributed by atoms with van der Waals surface area (Å²) < 4.78 is 24.4. The number of hydrogen-bond donors (Lipinski definition) is 0. The van der Waals surface area contributed by atoms with Crippen LogP contribution < -0.4 is 4.74 Å². The van der Waals surface area contributed by atoms with Crippen LogP contribution in [0.4, 0.5) is 4.39 Å². The maximum absolute atomic E-state index is 13.6. The van der Waals surface area contributed by atoms with E-state index in [2.05, 4.69) is 0 Å². The summed E-state index contributed by atoms with van der Waals surface area (Å²) >= 11 is 1.57. The number of benzene rings is 2. The average Bonchev–Trinajstić information content (AvgIpc) is 3.59. The van der Waals surface area contributed by atoms with Crippen LogP contribution in [0.5, 0.6) is 5.75 Å². The van der Waals surface area contributed by atoms with Gasteiger partial charge in [0.1, 0.15) is 11.6 Å². The summed E-state index contributed by atoms with van der Waals surface area (Å²) in [4.78, 5) is 31.3. The molecule has 1 aromatic heterocycles. The predicted molar refractivity (Wildman–Crippen MR) is 137 cm³/mol. The number of nitrogens with zero attached hydrogens (tertiary/aromatic N) is 2. The highest BCUT2D eigenvalue weighted by atomic mass is 32.1. The van der Waals surface area contributed by atoms with E-state index in [1.807, 2.05) is 41.8 Å². The molecular weight excluding hydrogens is 479 g/mol. The van der Waals surface area contributed by atoms with Gasteiger partial charge in [0.25, 0.3) is 0 Å². The van der Waals surface area contributed by atoms with Crippen LogP contribution >= 0.6 is 11.3 Å². The number of carbonyl (C=O) groups is 2. The molecule has 1 aliphatic heterocycles. The number of ether oxygens (including phenoxy) is 2. The molecule has 3 aromatic rings. The second kappa shape index (κ2) is 12.6. The van der Waals surface area contributed by atoms with Crippen LogP contribution in [0.25, 0.3) is 0 Å². The minimum absolute atomic E-state index is 0.0403. The molecule has 1 atom stereocenters. The molecule has 190 valence electrons. The molecule has 1 unspecified atom stereocenters. The van der Waals surface area contributed by atoms with Crippen molar-refractivity contribution in [2.24, 2.45) is 0 Å². The third-order valence-corrected chi connectivity index (χ3v) is 7.07. The van der Waals surface area contributed by atoms with Gasteiger partial charge in [-0.25, -0.2) is 4.39 Å². The lowest BCUT2D eigenvalue weighted by atomic mass is 10.1. The van der Waals surface area contributed by atoms with Crippen LogP contribution in [0.15, 0.2) is 66.0 Å². The molecule has 36 heavy (non-hydrogen) atoms. The van der Waals surface area contributed by atoms with Gasteiger partial charge in [-0.3, -0.25) is 9.59 Å². The summed E-state index contributed by atoms with van der Waals surface area (Å²) in [5.74, 6) is 0.125. The minimum atomic E-state index is -0.318. The van der Waals surface area contributed by atoms with E-state index in [1.165, 1.54) is 12.1 Å². The van der Waals surface area contributed by atoms with Crippen molar-refractivity contribution in [3.05, 3.63) is 87.9 Å². The fraction of sp³-hybridized carbons (Fsp3) is 0.357. The van der Waals surface area contributed by atoms with Gasteiger partial charge < -0.3 is 19.3 Å². The molecule has 2 heterocycles. The number of hydrogen-bond acceptors (Lipinski definition) is 5. The number of thiophene rings is 1. The molecule has 1 aliphatic rings. The lowest BCUT2D eigenvalue weighted by Crippen LogP contribution is -2.45. The van der Waals surface area contributed by atoms with Gasteiger partial charge >= 0.3 is 0 Å². The van der Waals surface area contributed by atoms with Crippen LogP contribution in [0, 0.1) is 5.82 Å². The summed E-state index contributed by atoms with van der Waals surface area (Å²) in [6, 6.07) is 17.5. The molecule has 2 aromatic carbocycles. The molecule has 8 heteroatoms. The number of rotatable bonds is 11. The van der Waals surface area contributed by atoms with Crippen molar-refractivity contribution in [1.29, 1.82) is 0 Å². The Morgan fingerprint density at radius 2 is 1.75 bits per heavy atom. The third kappa shape index (κ3) is 7.38. The van der Waals surface area contributed by atoms with Gasteiger partial charge in [-0.1, -0.05) is 30.3 Å². The molecule has 1 saturated heterocycles. The zero-order valence-electron chi connectivity index (χ0n) is 20.4. The normalized spacial score (nSPS) is 15.0.